The SMILES string of the molecule is CNC(CCCOc1cccc(Br)c1)C(C)C. The summed E-state index contributed by atoms with van der Waals surface area (Å²) in [4.78, 5) is 0. The lowest BCUT2D eigenvalue weighted by Crippen LogP contribution is -2.30. The van der Waals surface area contributed by atoms with E-state index in [1.807, 2.05) is 31.3 Å². The number of benzene rings is 1. The van der Waals surface area contributed by atoms with Gasteiger partial charge in [-0.15, -0.1) is 0 Å². The van der Waals surface area contributed by atoms with Crippen molar-refractivity contribution in [3.63, 3.8) is 0 Å². The maximum absolute atomic E-state index is 5.70. The molecule has 17 heavy (non-hydrogen) atoms. The van der Waals surface area contributed by atoms with Gasteiger partial charge in [0.1, 0.15) is 5.75 Å². The second-order valence-electron chi connectivity index (χ2n) is 4.59. The predicted molar refractivity (Wildman–Crippen MR) is 76.6 cm³/mol. The zero-order valence-electron chi connectivity index (χ0n) is 10.9. The first-order valence-corrected chi connectivity index (χ1v) is 6.98. The second kappa shape index (κ2) is 7.72. The highest BCUT2D eigenvalue weighted by Crippen LogP contribution is 2.18. The normalized spacial score (nSPS) is 12.8. The standard InChI is InChI=1S/C14H22BrNO/c1-11(2)14(16-3)8-5-9-17-13-7-4-6-12(15)10-13/h4,6-7,10-11,14,16H,5,8-9H2,1-3H3. The summed E-state index contributed by atoms with van der Waals surface area (Å²) in [5.41, 5.74) is 0. The molecule has 0 amide bonds. The maximum atomic E-state index is 5.70. The summed E-state index contributed by atoms with van der Waals surface area (Å²) in [6.07, 6.45) is 2.23. The number of rotatable bonds is 7. The van der Waals surface area contributed by atoms with Gasteiger partial charge in [0.25, 0.3) is 0 Å². The zero-order chi connectivity index (χ0) is 12.7. The zero-order valence-corrected chi connectivity index (χ0v) is 12.5. The maximum Gasteiger partial charge on any atom is 0.120 e. The van der Waals surface area contributed by atoms with Crippen LogP contribution in [0.2, 0.25) is 0 Å². The predicted octanol–water partition coefficient (Wildman–Crippen LogP) is 3.85. The summed E-state index contributed by atoms with van der Waals surface area (Å²) in [6, 6.07) is 8.56. The van der Waals surface area contributed by atoms with Crippen LogP contribution in [0, 0.1) is 5.92 Å². The van der Waals surface area contributed by atoms with Crippen molar-refractivity contribution >= 4 is 15.9 Å². The van der Waals surface area contributed by atoms with Crippen molar-refractivity contribution in [1.29, 1.82) is 0 Å². The van der Waals surface area contributed by atoms with Gasteiger partial charge < -0.3 is 10.1 Å². The Hall–Kier alpha value is -0.540. The molecule has 1 aromatic rings. The quantitative estimate of drug-likeness (QED) is 0.772. The van der Waals surface area contributed by atoms with Crippen LogP contribution in [0.4, 0.5) is 0 Å². The Bertz CT molecular complexity index is 328. The van der Waals surface area contributed by atoms with Crippen LogP contribution in [-0.4, -0.2) is 19.7 Å². The molecule has 0 fully saturated rings. The molecule has 2 nitrogen and oxygen atoms in total. The van der Waals surface area contributed by atoms with Crippen LogP contribution in [-0.2, 0) is 0 Å². The second-order valence-corrected chi connectivity index (χ2v) is 5.50. The van der Waals surface area contributed by atoms with Crippen molar-refractivity contribution in [3.8, 4) is 5.75 Å². The van der Waals surface area contributed by atoms with E-state index in [1.165, 1.54) is 0 Å². The fourth-order valence-electron chi connectivity index (χ4n) is 1.86. The van der Waals surface area contributed by atoms with Crippen molar-refractivity contribution < 1.29 is 4.74 Å². The van der Waals surface area contributed by atoms with Gasteiger partial charge in [-0.3, -0.25) is 0 Å². The molecule has 1 atom stereocenters. The molecule has 1 N–H and O–H groups in total. The Balaban J connectivity index is 2.24. The highest BCUT2D eigenvalue weighted by molar-refractivity contribution is 9.10. The molecule has 96 valence electrons. The smallest absolute Gasteiger partial charge is 0.120 e. The molecular formula is C14H22BrNO. The van der Waals surface area contributed by atoms with Crippen LogP contribution >= 0.6 is 15.9 Å². The van der Waals surface area contributed by atoms with Gasteiger partial charge >= 0.3 is 0 Å². The van der Waals surface area contributed by atoms with Gasteiger partial charge in [0.15, 0.2) is 0 Å². The van der Waals surface area contributed by atoms with Crippen LogP contribution in [0.25, 0.3) is 0 Å². The molecule has 0 radical (unpaired) electrons. The number of nitrogens with one attached hydrogen (secondary N) is 1. The van der Waals surface area contributed by atoms with E-state index < -0.39 is 0 Å². The van der Waals surface area contributed by atoms with E-state index in [9.17, 15) is 0 Å². The van der Waals surface area contributed by atoms with E-state index in [4.69, 9.17) is 4.74 Å². The number of hydrogen-bond donors (Lipinski definition) is 1. The first kappa shape index (κ1) is 14.5. The van der Waals surface area contributed by atoms with Gasteiger partial charge in [0.2, 0.25) is 0 Å². The lowest BCUT2D eigenvalue weighted by molar-refractivity contribution is 0.285. The van der Waals surface area contributed by atoms with Crippen molar-refractivity contribution in [2.75, 3.05) is 13.7 Å². The van der Waals surface area contributed by atoms with E-state index in [-0.39, 0.29) is 0 Å². The van der Waals surface area contributed by atoms with Crippen LogP contribution in [0.5, 0.6) is 5.75 Å². The molecule has 0 bridgehead atoms. The van der Waals surface area contributed by atoms with Gasteiger partial charge in [0, 0.05) is 10.5 Å². The Morgan fingerprint density at radius 2 is 2.12 bits per heavy atom. The Labute approximate surface area is 113 Å². The van der Waals surface area contributed by atoms with E-state index in [2.05, 4.69) is 35.1 Å². The lowest BCUT2D eigenvalue weighted by atomic mass is 10.00. The van der Waals surface area contributed by atoms with E-state index >= 15 is 0 Å². The molecule has 0 aliphatic heterocycles. The van der Waals surface area contributed by atoms with Crippen molar-refractivity contribution in [2.24, 2.45) is 5.92 Å². The summed E-state index contributed by atoms with van der Waals surface area (Å²) >= 11 is 3.43. The fourth-order valence-corrected chi connectivity index (χ4v) is 2.24. The molecular weight excluding hydrogens is 278 g/mol. The minimum absolute atomic E-state index is 0.584. The average molecular weight is 300 g/mol. The molecule has 1 unspecified atom stereocenters. The molecule has 0 heterocycles. The Kier molecular flexibility index (Phi) is 6.60. The minimum Gasteiger partial charge on any atom is -0.494 e. The Morgan fingerprint density at radius 3 is 2.71 bits per heavy atom. The minimum atomic E-state index is 0.584. The van der Waals surface area contributed by atoms with E-state index in [1.54, 1.807) is 0 Å². The fraction of sp³-hybridized carbons (Fsp3) is 0.571. The summed E-state index contributed by atoms with van der Waals surface area (Å²) in [6.45, 7) is 5.27. The number of hydrogen-bond acceptors (Lipinski definition) is 2. The van der Waals surface area contributed by atoms with Gasteiger partial charge in [-0.25, -0.2) is 0 Å². The monoisotopic (exact) mass is 299 g/mol. The third-order valence-electron chi connectivity index (χ3n) is 2.90. The molecule has 3 heteroatoms. The van der Waals surface area contributed by atoms with Crippen LogP contribution in [0.1, 0.15) is 26.7 Å². The average Bonchev–Trinajstić information content (AvgIpc) is 2.28. The number of halogens is 1. The lowest BCUT2D eigenvalue weighted by Gasteiger charge is -2.19. The highest BCUT2D eigenvalue weighted by Gasteiger charge is 2.09. The molecule has 0 aliphatic rings. The van der Waals surface area contributed by atoms with Crippen molar-refractivity contribution in [3.05, 3.63) is 28.7 Å². The van der Waals surface area contributed by atoms with Gasteiger partial charge in [0.05, 0.1) is 6.61 Å². The van der Waals surface area contributed by atoms with E-state index in [0.29, 0.717) is 12.0 Å². The van der Waals surface area contributed by atoms with Crippen LogP contribution in [0.15, 0.2) is 28.7 Å². The summed E-state index contributed by atoms with van der Waals surface area (Å²) in [5, 5.41) is 3.35. The molecule has 0 aliphatic carbocycles. The molecule has 0 saturated heterocycles. The Morgan fingerprint density at radius 1 is 1.35 bits per heavy atom. The summed E-state index contributed by atoms with van der Waals surface area (Å²) in [7, 11) is 2.03. The topological polar surface area (TPSA) is 21.3 Å². The van der Waals surface area contributed by atoms with Crippen molar-refractivity contribution in [1.82, 2.24) is 5.32 Å². The van der Waals surface area contributed by atoms with Gasteiger partial charge in [-0.1, -0.05) is 35.8 Å². The van der Waals surface area contributed by atoms with Crippen molar-refractivity contribution in [2.45, 2.75) is 32.7 Å². The number of ether oxygens (including phenoxy) is 1. The molecule has 0 aromatic heterocycles. The third-order valence-corrected chi connectivity index (χ3v) is 3.39. The highest BCUT2D eigenvalue weighted by atomic mass is 79.9. The first-order valence-electron chi connectivity index (χ1n) is 6.19. The third kappa shape index (κ3) is 5.55. The molecule has 1 rings (SSSR count). The summed E-state index contributed by atoms with van der Waals surface area (Å²) < 4.78 is 6.76. The molecule has 1 aromatic carbocycles. The van der Waals surface area contributed by atoms with Crippen LogP contribution < -0.4 is 10.1 Å². The molecule has 0 spiro atoms. The van der Waals surface area contributed by atoms with Gasteiger partial charge in [-0.05, 0) is 44.0 Å². The van der Waals surface area contributed by atoms with Gasteiger partial charge in [-0.2, -0.15) is 0 Å². The summed E-state index contributed by atoms with van der Waals surface area (Å²) in [5.74, 6) is 1.61. The van der Waals surface area contributed by atoms with E-state index in [0.717, 1.165) is 29.7 Å². The first-order chi connectivity index (χ1) is 8.13. The largest absolute Gasteiger partial charge is 0.494 e. The van der Waals surface area contributed by atoms with Crippen LogP contribution in [0.3, 0.4) is 0 Å². The molecule has 0 saturated carbocycles.